The quantitative estimate of drug-likeness (QED) is 0.0194. The van der Waals surface area contributed by atoms with Crippen LogP contribution in [0.15, 0.2) is 16.8 Å². The van der Waals surface area contributed by atoms with Gasteiger partial charge in [-0.05, 0) is 35.6 Å². The molecule has 2 rings (SSSR count). The van der Waals surface area contributed by atoms with E-state index in [2.05, 4.69) is 27.2 Å². The lowest BCUT2D eigenvalue weighted by molar-refractivity contribution is -0.870. The average molecular weight is 772 g/mol. The molecule has 0 saturated carbocycles. The molecule has 53 heavy (non-hydrogen) atoms. The molecule has 0 aliphatic carbocycles. The van der Waals surface area contributed by atoms with Crippen molar-refractivity contribution in [1.82, 2.24) is 10.3 Å². The molecule has 0 spiro atoms. The van der Waals surface area contributed by atoms with Crippen molar-refractivity contribution in [3.63, 3.8) is 0 Å². The van der Waals surface area contributed by atoms with E-state index in [4.69, 9.17) is 18.5 Å². The molecule has 0 aliphatic rings. The summed E-state index contributed by atoms with van der Waals surface area (Å²) in [7, 11) is 0.989. The van der Waals surface area contributed by atoms with Crippen molar-refractivity contribution in [3.05, 3.63) is 22.2 Å². The van der Waals surface area contributed by atoms with Gasteiger partial charge in [0.2, 0.25) is 5.52 Å². The van der Waals surface area contributed by atoms with E-state index in [1.807, 2.05) is 21.1 Å². The van der Waals surface area contributed by atoms with Gasteiger partial charge in [0.15, 0.2) is 11.6 Å². The molecular formula is C36H62N5O11P. The minimum absolute atomic E-state index is 0.0490. The van der Waals surface area contributed by atoms with Gasteiger partial charge in [-0.1, -0.05) is 90.4 Å². The zero-order valence-electron chi connectivity index (χ0n) is 32.2. The molecule has 0 aliphatic heterocycles. The summed E-state index contributed by atoms with van der Waals surface area (Å²) in [5.41, 5.74) is 0.636. The summed E-state index contributed by atoms with van der Waals surface area (Å²) in [6.07, 6.45) is 16.4. The van der Waals surface area contributed by atoms with Gasteiger partial charge in [-0.2, -0.15) is 0 Å². The van der Waals surface area contributed by atoms with Gasteiger partial charge in [-0.3, -0.25) is 24.3 Å². The predicted molar refractivity (Wildman–Crippen MR) is 199 cm³/mol. The first-order valence-electron chi connectivity index (χ1n) is 19.2. The number of hydrogen-bond acceptors (Lipinski definition) is 14. The molecular weight excluding hydrogens is 709 g/mol. The number of nitro groups is 1. The van der Waals surface area contributed by atoms with Crippen LogP contribution in [0.4, 0.5) is 11.4 Å². The van der Waals surface area contributed by atoms with E-state index < -0.39 is 37.4 Å². The van der Waals surface area contributed by atoms with Crippen molar-refractivity contribution in [2.45, 2.75) is 129 Å². The van der Waals surface area contributed by atoms with Crippen LogP contribution in [0.3, 0.4) is 0 Å². The Balaban J connectivity index is 1.71. The first-order chi connectivity index (χ1) is 25.3. The van der Waals surface area contributed by atoms with E-state index in [0.717, 1.165) is 19.3 Å². The Morgan fingerprint density at radius 2 is 1.40 bits per heavy atom. The van der Waals surface area contributed by atoms with Crippen LogP contribution >= 0.6 is 7.82 Å². The highest BCUT2D eigenvalue weighted by molar-refractivity contribution is 7.45. The number of non-ortho nitro benzene ring substituents is 1. The van der Waals surface area contributed by atoms with Crippen LogP contribution in [-0.2, 0) is 32.7 Å². The summed E-state index contributed by atoms with van der Waals surface area (Å²) in [6, 6.07) is 2.86. The molecule has 1 N–H and O–H groups in total. The number of nitrogens with zero attached hydrogens (tertiary/aromatic N) is 4. The maximum absolute atomic E-state index is 12.7. The lowest BCUT2D eigenvalue weighted by Gasteiger charge is -2.28. The normalized spacial score (nSPS) is 13.5. The standard InChI is InChI=1S/C36H62N5O11P/c1-5-6-7-8-9-10-11-12-13-14-15-16-18-21-33(42)48-28-30(29-50-53(46,47)49-27-26-41(2,3)4)51-34(43)22-19-17-20-25-37-31-23-24-32(40(44)45)36-35(31)38-52-39-36/h23-24,30H,5-22,25-29H2,1-4H3,(H-,37,39,46,47)/t30-/m1/s1. The second kappa shape index (κ2) is 25.8. The average Bonchev–Trinajstić information content (AvgIpc) is 3.59. The Morgan fingerprint density at radius 1 is 0.830 bits per heavy atom. The zero-order chi connectivity index (χ0) is 39.0. The van der Waals surface area contributed by atoms with Crippen LogP contribution in [0.5, 0.6) is 0 Å². The highest BCUT2D eigenvalue weighted by Gasteiger charge is 2.22. The molecule has 16 nitrogen and oxygen atoms in total. The number of quaternary nitrogens is 1. The summed E-state index contributed by atoms with van der Waals surface area (Å²) in [5, 5.41) is 21.7. The van der Waals surface area contributed by atoms with Gasteiger partial charge in [0.1, 0.15) is 19.8 Å². The number of ether oxygens (including phenoxy) is 2. The summed E-state index contributed by atoms with van der Waals surface area (Å²) < 4.78 is 38.3. The number of esters is 2. The Labute approximate surface area is 313 Å². The van der Waals surface area contributed by atoms with E-state index in [1.165, 1.54) is 69.9 Å². The fourth-order valence-corrected chi connectivity index (χ4v) is 6.21. The summed E-state index contributed by atoms with van der Waals surface area (Å²) in [4.78, 5) is 48.1. The molecule has 1 aromatic carbocycles. The first kappa shape index (κ1) is 46.0. The molecule has 1 unspecified atom stereocenters. The Kier molecular flexibility index (Phi) is 22.4. The van der Waals surface area contributed by atoms with E-state index >= 15 is 0 Å². The van der Waals surface area contributed by atoms with Gasteiger partial charge in [-0.15, -0.1) is 0 Å². The van der Waals surface area contributed by atoms with Crippen molar-refractivity contribution in [1.29, 1.82) is 0 Å². The van der Waals surface area contributed by atoms with Gasteiger partial charge in [0.25, 0.3) is 7.82 Å². The van der Waals surface area contributed by atoms with Crippen LogP contribution in [0.25, 0.3) is 11.0 Å². The smallest absolute Gasteiger partial charge is 0.306 e. The number of phosphoric acid groups is 1. The molecule has 0 fully saturated rings. The molecule has 2 atom stereocenters. The number of hydrogen-bond donors (Lipinski definition) is 1. The molecule has 2 aromatic rings. The maximum atomic E-state index is 12.7. The molecule has 0 bridgehead atoms. The number of likely N-dealkylation sites (N-methyl/N-ethyl adjacent to an activating group) is 1. The number of anilines is 1. The third-order valence-electron chi connectivity index (χ3n) is 8.61. The number of carbonyl (C=O) groups excluding carboxylic acids is 2. The maximum Gasteiger partial charge on any atom is 0.306 e. The second-order valence-electron chi connectivity index (χ2n) is 14.5. The Hall–Kier alpha value is -3.17. The SMILES string of the molecule is CCCCCCCCCCCCCCCC(=O)OC[C@H](COP(=O)([O-])OCC[N+](C)(C)C)OC(=O)CCCCCNc1ccc([N+](=O)[O-])c2nonc12. The predicted octanol–water partition coefficient (Wildman–Crippen LogP) is 7.25. The number of phosphoric ester groups is 1. The molecule has 302 valence electrons. The number of nitro benzene ring substituents is 1. The van der Waals surface area contributed by atoms with Crippen LogP contribution in [0.1, 0.15) is 122 Å². The lowest BCUT2D eigenvalue weighted by Crippen LogP contribution is -2.37. The van der Waals surface area contributed by atoms with E-state index in [0.29, 0.717) is 48.9 Å². The minimum Gasteiger partial charge on any atom is -0.756 e. The van der Waals surface area contributed by atoms with Crippen LogP contribution < -0.4 is 10.2 Å². The van der Waals surface area contributed by atoms with E-state index in [1.54, 1.807) is 0 Å². The fraction of sp³-hybridized carbons (Fsp3) is 0.778. The van der Waals surface area contributed by atoms with Crippen molar-refractivity contribution in [3.8, 4) is 0 Å². The van der Waals surface area contributed by atoms with Crippen LogP contribution in [-0.4, -0.2) is 91.8 Å². The molecule has 1 heterocycles. The lowest BCUT2D eigenvalue weighted by atomic mass is 10.0. The summed E-state index contributed by atoms with van der Waals surface area (Å²) in [6.45, 7) is 2.18. The summed E-state index contributed by atoms with van der Waals surface area (Å²) in [5.74, 6) is -1.03. The summed E-state index contributed by atoms with van der Waals surface area (Å²) >= 11 is 0. The number of nitrogens with one attached hydrogen (secondary N) is 1. The zero-order valence-corrected chi connectivity index (χ0v) is 33.1. The number of benzene rings is 1. The molecule has 0 amide bonds. The van der Waals surface area contributed by atoms with Gasteiger partial charge in [-0.25, -0.2) is 4.63 Å². The monoisotopic (exact) mass is 771 g/mol. The van der Waals surface area contributed by atoms with Gasteiger partial charge in [0, 0.05) is 25.5 Å². The molecule has 1 aromatic heterocycles. The van der Waals surface area contributed by atoms with Gasteiger partial charge >= 0.3 is 17.6 Å². The van der Waals surface area contributed by atoms with Crippen LogP contribution in [0, 0.1) is 10.1 Å². The second-order valence-corrected chi connectivity index (χ2v) is 15.9. The highest BCUT2D eigenvalue weighted by Crippen LogP contribution is 2.38. The van der Waals surface area contributed by atoms with E-state index in [-0.39, 0.29) is 42.8 Å². The van der Waals surface area contributed by atoms with Crippen molar-refractivity contribution in [2.24, 2.45) is 0 Å². The Morgan fingerprint density at radius 3 is 2.00 bits per heavy atom. The number of rotatable bonds is 32. The molecule has 17 heteroatoms. The van der Waals surface area contributed by atoms with Crippen LogP contribution in [0.2, 0.25) is 0 Å². The molecule has 0 radical (unpaired) electrons. The van der Waals surface area contributed by atoms with Gasteiger partial charge < -0.3 is 33.2 Å². The highest BCUT2D eigenvalue weighted by atomic mass is 31.2. The van der Waals surface area contributed by atoms with Crippen molar-refractivity contribution in [2.75, 3.05) is 59.4 Å². The third kappa shape index (κ3) is 21.3. The largest absolute Gasteiger partial charge is 0.756 e. The Bertz CT molecular complexity index is 1400. The number of carbonyl (C=O) groups is 2. The van der Waals surface area contributed by atoms with E-state index in [9.17, 15) is 29.2 Å². The minimum atomic E-state index is -4.69. The number of fused-ring (bicyclic) bond motifs is 1. The first-order valence-corrected chi connectivity index (χ1v) is 20.7. The number of aromatic nitrogens is 2. The van der Waals surface area contributed by atoms with Crippen molar-refractivity contribution < 1.29 is 51.6 Å². The fourth-order valence-electron chi connectivity index (χ4n) is 5.48. The molecule has 0 saturated heterocycles. The van der Waals surface area contributed by atoms with Gasteiger partial charge in [0.05, 0.1) is 38.4 Å². The topological polar surface area (TPSA) is 205 Å². The third-order valence-corrected chi connectivity index (χ3v) is 9.57. The number of unbranched alkanes of at least 4 members (excludes halogenated alkanes) is 14. The van der Waals surface area contributed by atoms with Crippen molar-refractivity contribution >= 4 is 42.2 Å².